The highest BCUT2D eigenvalue weighted by Gasteiger charge is 2.14. The first kappa shape index (κ1) is 13.7. The Bertz CT molecular complexity index is 575. The van der Waals surface area contributed by atoms with E-state index in [0.717, 1.165) is 23.0 Å². The maximum atomic E-state index is 6.09. The van der Waals surface area contributed by atoms with Crippen LogP contribution in [-0.4, -0.2) is 15.0 Å². The zero-order valence-corrected chi connectivity index (χ0v) is 12.7. The summed E-state index contributed by atoms with van der Waals surface area (Å²) in [6.45, 7) is 2.08. The molecule has 2 aromatic heterocycles. The van der Waals surface area contributed by atoms with E-state index >= 15 is 0 Å². The van der Waals surface area contributed by atoms with Gasteiger partial charge in [-0.05, 0) is 34.5 Å². The number of hydrogen-bond donors (Lipinski definition) is 0. The molecule has 2 rings (SSSR count). The molecule has 0 aliphatic carbocycles. The van der Waals surface area contributed by atoms with Crippen molar-refractivity contribution in [1.29, 1.82) is 0 Å². The van der Waals surface area contributed by atoms with Crippen LogP contribution in [0.2, 0.25) is 10.2 Å². The zero-order valence-electron chi connectivity index (χ0n) is 9.62. The van der Waals surface area contributed by atoms with Crippen molar-refractivity contribution < 1.29 is 0 Å². The first-order valence-electron chi connectivity index (χ1n) is 5.46. The minimum Gasteiger partial charge on any atom is -0.251 e. The second-order valence-corrected chi connectivity index (χ2v) is 5.24. The second-order valence-electron chi connectivity index (χ2n) is 3.68. The number of aromatic nitrogens is 3. The maximum absolute atomic E-state index is 6.09. The fraction of sp³-hybridized carbons (Fsp3) is 0.250. The standard InChI is InChI=1S/C12H10BrCl2N3/c1-2-4-8-9(13)11(15)18-12(17-8)10-7(14)5-3-6-16-10/h3,5-6H,2,4H2,1H3. The van der Waals surface area contributed by atoms with Gasteiger partial charge in [0.1, 0.15) is 10.8 Å². The highest BCUT2D eigenvalue weighted by Crippen LogP contribution is 2.29. The van der Waals surface area contributed by atoms with Gasteiger partial charge in [-0.3, -0.25) is 4.98 Å². The predicted octanol–water partition coefficient (Wildman–Crippen LogP) is 4.56. The molecule has 3 nitrogen and oxygen atoms in total. The number of pyridine rings is 1. The molecule has 0 saturated carbocycles. The monoisotopic (exact) mass is 345 g/mol. The molecule has 0 aromatic carbocycles. The smallest absolute Gasteiger partial charge is 0.181 e. The molecule has 0 saturated heterocycles. The van der Waals surface area contributed by atoms with Gasteiger partial charge >= 0.3 is 0 Å². The Labute approximate surface area is 124 Å². The van der Waals surface area contributed by atoms with E-state index in [1.54, 1.807) is 18.3 Å². The summed E-state index contributed by atoms with van der Waals surface area (Å²) in [6.07, 6.45) is 3.45. The van der Waals surface area contributed by atoms with E-state index < -0.39 is 0 Å². The molecule has 6 heteroatoms. The lowest BCUT2D eigenvalue weighted by Crippen LogP contribution is -2.00. The molecule has 94 valence electrons. The van der Waals surface area contributed by atoms with Crippen molar-refractivity contribution in [3.05, 3.63) is 38.7 Å². The first-order valence-corrected chi connectivity index (χ1v) is 7.01. The Kier molecular flexibility index (Phi) is 4.54. The Balaban J connectivity index is 2.56. The molecule has 0 N–H and O–H groups in total. The van der Waals surface area contributed by atoms with Crippen molar-refractivity contribution in [3.8, 4) is 11.5 Å². The molecule has 0 aliphatic heterocycles. The molecule has 0 unspecified atom stereocenters. The molecule has 0 atom stereocenters. The highest BCUT2D eigenvalue weighted by atomic mass is 79.9. The molecule has 0 bridgehead atoms. The SMILES string of the molecule is CCCc1nc(-c2ncccc2Cl)nc(Cl)c1Br. The van der Waals surface area contributed by atoms with E-state index in [1.807, 2.05) is 0 Å². The molecule has 2 aromatic rings. The van der Waals surface area contributed by atoms with Gasteiger partial charge in [0.25, 0.3) is 0 Å². The van der Waals surface area contributed by atoms with Gasteiger partial charge < -0.3 is 0 Å². The van der Waals surface area contributed by atoms with Crippen molar-refractivity contribution in [2.45, 2.75) is 19.8 Å². The minimum atomic E-state index is 0.380. The van der Waals surface area contributed by atoms with Crippen molar-refractivity contribution >= 4 is 39.1 Å². The topological polar surface area (TPSA) is 38.7 Å². The van der Waals surface area contributed by atoms with Gasteiger partial charge in [0.05, 0.1) is 15.2 Å². The third-order valence-corrected chi connectivity index (χ3v) is 3.98. The summed E-state index contributed by atoms with van der Waals surface area (Å²) in [6, 6.07) is 3.52. The third kappa shape index (κ3) is 2.82. The average Bonchev–Trinajstić information content (AvgIpc) is 2.35. The number of aryl methyl sites for hydroxylation is 1. The van der Waals surface area contributed by atoms with Gasteiger partial charge in [-0.25, -0.2) is 9.97 Å². The number of hydrogen-bond acceptors (Lipinski definition) is 3. The van der Waals surface area contributed by atoms with Crippen LogP contribution in [0.1, 0.15) is 19.0 Å². The maximum Gasteiger partial charge on any atom is 0.181 e. The van der Waals surface area contributed by atoms with Crippen LogP contribution in [0, 0.1) is 0 Å². The van der Waals surface area contributed by atoms with Crippen LogP contribution in [0.3, 0.4) is 0 Å². The summed E-state index contributed by atoms with van der Waals surface area (Å²) >= 11 is 15.6. The molecule has 0 radical (unpaired) electrons. The quantitative estimate of drug-likeness (QED) is 0.764. The summed E-state index contributed by atoms with van der Waals surface area (Å²) in [5.41, 5.74) is 1.42. The molecule has 0 aliphatic rings. The van der Waals surface area contributed by atoms with Crippen LogP contribution in [0.25, 0.3) is 11.5 Å². The average molecular weight is 347 g/mol. The van der Waals surface area contributed by atoms with Crippen LogP contribution in [0.5, 0.6) is 0 Å². The van der Waals surface area contributed by atoms with Gasteiger partial charge in [0, 0.05) is 6.20 Å². The second kappa shape index (κ2) is 5.95. The summed E-state index contributed by atoms with van der Waals surface area (Å²) in [5, 5.41) is 0.892. The largest absolute Gasteiger partial charge is 0.251 e. The fourth-order valence-corrected chi connectivity index (χ4v) is 2.29. The van der Waals surface area contributed by atoms with Gasteiger partial charge in [0.15, 0.2) is 5.82 Å². The summed E-state index contributed by atoms with van der Waals surface area (Å²) in [7, 11) is 0. The number of rotatable bonds is 3. The van der Waals surface area contributed by atoms with Gasteiger partial charge in [0.2, 0.25) is 0 Å². The fourth-order valence-electron chi connectivity index (χ4n) is 1.52. The predicted molar refractivity (Wildman–Crippen MR) is 77.0 cm³/mol. The van der Waals surface area contributed by atoms with Gasteiger partial charge in [-0.15, -0.1) is 0 Å². The molecule has 0 fully saturated rings. The molecule has 0 spiro atoms. The third-order valence-electron chi connectivity index (χ3n) is 2.34. The van der Waals surface area contributed by atoms with Crippen molar-refractivity contribution in [2.75, 3.05) is 0 Å². The van der Waals surface area contributed by atoms with Crippen molar-refractivity contribution in [3.63, 3.8) is 0 Å². The van der Waals surface area contributed by atoms with Crippen LogP contribution in [0.15, 0.2) is 22.8 Å². The Morgan fingerprint density at radius 2 is 2.06 bits per heavy atom. The van der Waals surface area contributed by atoms with Crippen LogP contribution in [-0.2, 0) is 6.42 Å². The lowest BCUT2D eigenvalue weighted by Gasteiger charge is -2.07. The zero-order chi connectivity index (χ0) is 13.1. The van der Waals surface area contributed by atoms with E-state index in [1.165, 1.54) is 0 Å². The van der Waals surface area contributed by atoms with E-state index in [2.05, 4.69) is 37.8 Å². The molecule has 0 amide bonds. The molecular weight excluding hydrogens is 337 g/mol. The van der Waals surface area contributed by atoms with Crippen LogP contribution < -0.4 is 0 Å². The first-order chi connectivity index (χ1) is 8.63. The normalized spacial score (nSPS) is 10.7. The van der Waals surface area contributed by atoms with Crippen molar-refractivity contribution in [1.82, 2.24) is 15.0 Å². The van der Waals surface area contributed by atoms with E-state index in [0.29, 0.717) is 21.7 Å². The van der Waals surface area contributed by atoms with Gasteiger partial charge in [-0.1, -0.05) is 36.5 Å². The van der Waals surface area contributed by atoms with Crippen LogP contribution in [0.4, 0.5) is 0 Å². The van der Waals surface area contributed by atoms with Gasteiger partial charge in [-0.2, -0.15) is 0 Å². The molecule has 2 heterocycles. The van der Waals surface area contributed by atoms with E-state index in [9.17, 15) is 0 Å². The van der Waals surface area contributed by atoms with E-state index in [4.69, 9.17) is 23.2 Å². The van der Waals surface area contributed by atoms with Crippen LogP contribution >= 0.6 is 39.1 Å². The summed E-state index contributed by atoms with van der Waals surface area (Å²) < 4.78 is 0.738. The lowest BCUT2D eigenvalue weighted by molar-refractivity contribution is 0.866. The Morgan fingerprint density at radius 1 is 1.28 bits per heavy atom. The number of halogens is 3. The number of nitrogens with zero attached hydrogens (tertiary/aromatic N) is 3. The highest BCUT2D eigenvalue weighted by molar-refractivity contribution is 9.10. The Hall–Kier alpha value is -0.710. The minimum absolute atomic E-state index is 0.380. The van der Waals surface area contributed by atoms with E-state index in [-0.39, 0.29) is 0 Å². The van der Waals surface area contributed by atoms with Crippen molar-refractivity contribution in [2.24, 2.45) is 0 Å². The summed E-state index contributed by atoms with van der Waals surface area (Å²) in [4.78, 5) is 12.9. The Morgan fingerprint density at radius 3 is 2.72 bits per heavy atom. The lowest BCUT2D eigenvalue weighted by atomic mass is 10.2. The summed E-state index contributed by atoms with van der Waals surface area (Å²) in [5.74, 6) is 0.456. The molecule has 18 heavy (non-hydrogen) atoms. The molecular formula is C12H10BrCl2N3.